The summed E-state index contributed by atoms with van der Waals surface area (Å²) in [5, 5.41) is 11.9. The van der Waals surface area contributed by atoms with E-state index in [0.717, 1.165) is 5.56 Å². The number of nitrogens with one attached hydrogen (secondary N) is 1. The molecule has 1 aliphatic rings. The van der Waals surface area contributed by atoms with Gasteiger partial charge in [0.15, 0.2) is 0 Å². The summed E-state index contributed by atoms with van der Waals surface area (Å²) in [5.74, 6) is -1.88. The molecule has 0 saturated carbocycles. The molecule has 5 nitrogen and oxygen atoms in total. The molecule has 1 unspecified atom stereocenters. The van der Waals surface area contributed by atoms with Gasteiger partial charge in [-0.15, -0.1) is 0 Å². The highest BCUT2D eigenvalue weighted by Gasteiger charge is 2.49. The summed E-state index contributed by atoms with van der Waals surface area (Å²) < 4.78 is 5.09. The van der Waals surface area contributed by atoms with Crippen molar-refractivity contribution in [2.45, 2.75) is 25.0 Å². The largest absolute Gasteiger partial charge is 0.479 e. The molecule has 2 rings (SSSR count). The Kier molecular flexibility index (Phi) is 3.62. The summed E-state index contributed by atoms with van der Waals surface area (Å²) in [6, 6.07) is 9.18. The first-order chi connectivity index (χ1) is 8.65. The lowest BCUT2D eigenvalue weighted by Gasteiger charge is -2.22. The van der Waals surface area contributed by atoms with E-state index in [-0.39, 0.29) is 13.0 Å². The summed E-state index contributed by atoms with van der Waals surface area (Å²) in [7, 11) is 0. The Morgan fingerprint density at radius 1 is 1.33 bits per heavy atom. The zero-order valence-corrected chi connectivity index (χ0v) is 9.89. The third-order valence-corrected chi connectivity index (χ3v) is 3.08. The molecule has 18 heavy (non-hydrogen) atoms. The third-order valence-electron chi connectivity index (χ3n) is 3.08. The molecule has 0 aliphatic carbocycles. The number of ether oxygens (including phenoxy) is 1. The first-order valence-corrected chi connectivity index (χ1v) is 5.85. The minimum atomic E-state index is -1.56. The smallest absolute Gasteiger partial charge is 0.338 e. The number of carboxylic acids is 1. The molecule has 2 N–H and O–H groups in total. The van der Waals surface area contributed by atoms with Gasteiger partial charge in [-0.3, -0.25) is 5.32 Å². The van der Waals surface area contributed by atoms with E-state index in [4.69, 9.17) is 9.84 Å². The molecule has 0 radical (unpaired) electrons. The molecule has 1 aromatic carbocycles. The maximum Gasteiger partial charge on any atom is 0.338 e. The standard InChI is InChI=1S/C13H15NO4/c15-11(16)13(7-4-8-14-13)12(17)18-9-10-5-2-1-3-6-10/h1-3,5-6,14H,4,7-9H2,(H,15,16). The Morgan fingerprint density at radius 3 is 2.61 bits per heavy atom. The predicted molar refractivity (Wildman–Crippen MR) is 63.8 cm³/mol. The predicted octanol–water partition coefficient (Wildman–Crippen LogP) is 0.937. The van der Waals surface area contributed by atoms with Crippen molar-refractivity contribution in [2.24, 2.45) is 0 Å². The SMILES string of the molecule is O=C(O)C1(C(=O)OCc2ccccc2)CCCN1. The van der Waals surface area contributed by atoms with Gasteiger partial charge < -0.3 is 9.84 Å². The number of carboxylic acid groups (broad SMARTS) is 1. The minimum absolute atomic E-state index is 0.0936. The second kappa shape index (κ2) is 5.18. The summed E-state index contributed by atoms with van der Waals surface area (Å²) in [6.07, 6.45) is 0.933. The summed E-state index contributed by atoms with van der Waals surface area (Å²) in [5.41, 5.74) is -0.723. The van der Waals surface area contributed by atoms with Crippen molar-refractivity contribution in [2.75, 3.05) is 6.54 Å². The Morgan fingerprint density at radius 2 is 2.06 bits per heavy atom. The van der Waals surface area contributed by atoms with Crippen LogP contribution in [0.2, 0.25) is 0 Å². The van der Waals surface area contributed by atoms with Gasteiger partial charge in [-0.25, -0.2) is 9.59 Å². The van der Waals surface area contributed by atoms with Gasteiger partial charge in [-0.1, -0.05) is 30.3 Å². The van der Waals surface area contributed by atoms with E-state index in [1.165, 1.54) is 0 Å². The van der Waals surface area contributed by atoms with Crippen LogP contribution in [-0.4, -0.2) is 29.1 Å². The lowest BCUT2D eigenvalue weighted by atomic mass is 9.98. The quantitative estimate of drug-likeness (QED) is 0.613. The van der Waals surface area contributed by atoms with Gasteiger partial charge in [-0.2, -0.15) is 0 Å². The van der Waals surface area contributed by atoms with Crippen molar-refractivity contribution in [3.63, 3.8) is 0 Å². The maximum absolute atomic E-state index is 11.9. The van der Waals surface area contributed by atoms with Gasteiger partial charge in [-0.05, 0) is 24.9 Å². The number of carbonyl (C=O) groups excluding carboxylic acids is 1. The van der Waals surface area contributed by atoms with Crippen LogP contribution in [0, 0.1) is 0 Å². The fourth-order valence-corrected chi connectivity index (χ4v) is 2.03. The zero-order chi connectivity index (χ0) is 13.0. The fourth-order valence-electron chi connectivity index (χ4n) is 2.03. The first-order valence-electron chi connectivity index (χ1n) is 5.85. The van der Waals surface area contributed by atoms with Gasteiger partial charge >= 0.3 is 11.9 Å². The molecule has 96 valence electrons. The molecular weight excluding hydrogens is 234 g/mol. The molecule has 1 aromatic rings. The topological polar surface area (TPSA) is 75.6 Å². The Balaban J connectivity index is 2.01. The Bertz CT molecular complexity index is 438. The molecule has 5 heteroatoms. The van der Waals surface area contributed by atoms with Crippen molar-refractivity contribution in [1.82, 2.24) is 5.32 Å². The normalized spacial score (nSPS) is 22.7. The van der Waals surface area contributed by atoms with Crippen LogP contribution in [0.5, 0.6) is 0 Å². The van der Waals surface area contributed by atoms with Crippen LogP contribution in [0.15, 0.2) is 30.3 Å². The van der Waals surface area contributed by atoms with Crippen molar-refractivity contribution in [3.8, 4) is 0 Å². The van der Waals surface area contributed by atoms with Crippen LogP contribution in [0.25, 0.3) is 0 Å². The van der Waals surface area contributed by atoms with Crippen LogP contribution >= 0.6 is 0 Å². The molecule has 1 heterocycles. The average Bonchev–Trinajstić information content (AvgIpc) is 2.88. The van der Waals surface area contributed by atoms with Crippen LogP contribution in [0.1, 0.15) is 18.4 Å². The first kappa shape index (κ1) is 12.6. The van der Waals surface area contributed by atoms with Gasteiger partial charge in [0, 0.05) is 0 Å². The third kappa shape index (κ3) is 2.36. The monoisotopic (exact) mass is 249 g/mol. The number of hydrogen-bond donors (Lipinski definition) is 2. The van der Waals surface area contributed by atoms with E-state index in [1.54, 1.807) is 0 Å². The Hall–Kier alpha value is -1.88. The molecule has 0 aromatic heterocycles. The highest BCUT2D eigenvalue weighted by molar-refractivity contribution is 6.04. The fraction of sp³-hybridized carbons (Fsp3) is 0.385. The van der Waals surface area contributed by atoms with Crippen LogP contribution in [0.4, 0.5) is 0 Å². The van der Waals surface area contributed by atoms with Crippen molar-refractivity contribution in [3.05, 3.63) is 35.9 Å². The van der Waals surface area contributed by atoms with E-state index < -0.39 is 17.5 Å². The van der Waals surface area contributed by atoms with Crippen molar-refractivity contribution in [1.29, 1.82) is 0 Å². The number of benzene rings is 1. The second-order valence-corrected chi connectivity index (χ2v) is 4.30. The molecule has 1 saturated heterocycles. The van der Waals surface area contributed by atoms with E-state index >= 15 is 0 Å². The second-order valence-electron chi connectivity index (χ2n) is 4.30. The highest BCUT2D eigenvalue weighted by Crippen LogP contribution is 2.22. The summed E-state index contributed by atoms with van der Waals surface area (Å²) in [4.78, 5) is 23.1. The number of carbonyl (C=O) groups is 2. The maximum atomic E-state index is 11.9. The van der Waals surface area contributed by atoms with Crippen molar-refractivity contribution >= 4 is 11.9 Å². The molecule has 1 fully saturated rings. The lowest BCUT2D eigenvalue weighted by molar-refractivity contribution is -0.163. The van der Waals surface area contributed by atoms with E-state index in [2.05, 4.69) is 5.32 Å². The Labute approximate surface area is 105 Å². The minimum Gasteiger partial charge on any atom is -0.479 e. The summed E-state index contributed by atoms with van der Waals surface area (Å²) >= 11 is 0. The average molecular weight is 249 g/mol. The molecule has 1 aliphatic heterocycles. The number of esters is 1. The number of rotatable bonds is 4. The van der Waals surface area contributed by atoms with Gasteiger partial charge in [0.25, 0.3) is 0 Å². The van der Waals surface area contributed by atoms with E-state index in [0.29, 0.717) is 13.0 Å². The number of aliphatic carboxylic acids is 1. The molecule has 1 atom stereocenters. The zero-order valence-electron chi connectivity index (χ0n) is 9.89. The lowest BCUT2D eigenvalue weighted by Crippen LogP contribution is -2.55. The van der Waals surface area contributed by atoms with Crippen LogP contribution in [0.3, 0.4) is 0 Å². The molecule has 0 spiro atoms. The molecule has 0 bridgehead atoms. The number of hydrogen-bond acceptors (Lipinski definition) is 4. The van der Waals surface area contributed by atoms with Gasteiger partial charge in [0.1, 0.15) is 6.61 Å². The van der Waals surface area contributed by atoms with E-state index in [9.17, 15) is 9.59 Å². The van der Waals surface area contributed by atoms with Crippen LogP contribution in [-0.2, 0) is 20.9 Å². The molecule has 0 amide bonds. The highest BCUT2D eigenvalue weighted by atomic mass is 16.5. The van der Waals surface area contributed by atoms with E-state index in [1.807, 2.05) is 30.3 Å². The van der Waals surface area contributed by atoms with Crippen molar-refractivity contribution < 1.29 is 19.4 Å². The molecular formula is C13H15NO4. The van der Waals surface area contributed by atoms with Gasteiger partial charge in [0.2, 0.25) is 5.54 Å². The summed E-state index contributed by atoms with van der Waals surface area (Å²) in [6.45, 7) is 0.614. The van der Waals surface area contributed by atoms with Crippen LogP contribution < -0.4 is 5.32 Å². The van der Waals surface area contributed by atoms with Gasteiger partial charge in [0.05, 0.1) is 0 Å².